The maximum absolute atomic E-state index is 9.01. The SMILES string of the molecule is CCCn1c2cc(-c3ccc(C=C(C#N)C#N)o3)ccc2c2sc(-c3ccc(/C=C/C=C(C#N)C#N)o3)cc21. The molecule has 0 spiro atoms. The van der Waals surface area contributed by atoms with E-state index in [0.29, 0.717) is 17.3 Å². The normalized spacial score (nSPS) is 10.7. The number of benzene rings is 1. The van der Waals surface area contributed by atoms with E-state index in [1.807, 2.05) is 48.5 Å². The second kappa shape index (κ2) is 10.8. The van der Waals surface area contributed by atoms with Gasteiger partial charge < -0.3 is 13.4 Å². The molecule has 39 heavy (non-hydrogen) atoms. The lowest BCUT2D eigenvalue weighted by molar-refractivity contribution is 0.571. The van der Waals surface area contributed by atoms with E-state index in [-0.39, 0.29) is 11.1 Å². The van der Waals surface area contributed by atoms with Crippen molar-refractivity contribution < 1.29 is 8.83 Å². The number of nitrogens with zero attached hydrogens (tertiary/aromatic N) is 5. The summed E-state index contributed by atoms with van der Waals surface area (Å²) in [5.41, 5.74) is 3.16. The summed E-state index contributed by atoms with van der Waals surface area (Å²) >= 11 is 1.66. The van der Waals surface area contributed by atoms with Crippen molar-refractivity contribution in [2.75, 3.05) is 0 Å². The van der Waals surface area contributed by atoms with Crippen molar-refractivity contribution in [3.8, 4) is 46.2 Å². The number of thiophene rings is 1. The minimum Gasteiger partial charge on any atom is -0.457 e. The molecule has 5 rings (SSSR count). The first-order chi connectivity index (χ1) is 19.1. The van der Waals surface area contributed by atoms with Crippen LogP contribution in [-0.2, 0) is 6.54 Å². The van der Waals surface area contributed by atoms with Gasteiger partial charge in [0.05, 0.1) is 20.6 Å². The van der Waals surface area contributed by atoms with Crippen LogP contribution in [-0.4, -0.2) is 4.57 Å². The third-order valence-electron chi connectivity index (χ3n) is 6.06. The molecule has 0 aliphatic heterocycles. The molecule has 0 aliphatic carbocycles. The summed E-state index contributed by atoms with van der Waals surface area (Å²) in [7, 11) is 0. The number of hydrogen-bond donors (Lipinski definition) is 0. The van der Waals surface area contributed by atoms with Gasteiger partial charge in [-0.3, -0.25) is 0 Å². The smallest absolute Gasteiger partial charge is 0.144 e. The molecule has 0 saturated heterocycles. The minimum atomic E-state index is -0.0112. The van der Waals surface area contributed by atoms with E-state index in [4.69, 9.17) is 29.9 Å². The third kappa shape index (κ3) is 4.89. The van der Waals surface area contributed by atoms with E-state index >= 15 is 0 Å². The molecule has 7 nitrogen and oxygen atoms in total. The molecule has 0 bridgehead atoms. The molecular weight excluding hydrogens is 506 g/mol. The number of hydrogen-bond acceptors (Lipinski definition) is 7. The van der Waals surface area contributed by atoms with Crippen molar-refractivity contribution in [3.05, 3.63) is 83.3 Å². The minimum absolute atomic E-state index is 0.0112. The zero-order valence-corrected chi connectivity index (χ0v) is 21.6. The molecule has 0 saturated carbocycles. The molecule has 0 unspecified atom stereocenters. The van der Waals surface area contributed by atoms with Gasteiger partial charge in [0.1, 0.15) is 58.5 Å². The predicted molar refractivity (Wildman–Crippen MR) is 151 cm³/mol. The molecule has 0 atom stereocenters. The largest absolute Gasteiger partial charge is 0.457 e. The Hall–Kier alpha value is -5.54. The highest BCUT2D eigenvalue weighted by Crippen LogP contribution is 2.41. The molecule has 0 amide bonds. The fraction of sp³-hybridized carbons (Fsp3) is 0.0968. The molecular formula is C31H19N5O2S. The Bertz CT molecular complexity index is 1950. The Morgan fingerprint density at radius 3 is 2.31 bits per heavy atom. The summed E-state index contributed by atoms with van der Waals surface area (Å²) in [5.74, 6) is 2.50. The molecule has 0 fully saturated rings. The molecule has 8 heteroatoms. The van der Waals surface area contributed by atoms with Gasteiger partial charge in [-0.15, -0.1) is 11.3 Å². The van der Waals surface area contributed by atoms with Crippen molar-refractivity contribution in [2.45, 2.75) is 19.9 Å². The number of aromatic nitrogens is 1. The van der Waals surface area contributed by atoms with Crippen molar-refractivity contribution in [3.63, 3.8) is 0 Å². The number of furan rings is 2. The van der Waals surface area contributed by atoms with Crippen LogP contribution in [0, 0.1) is 45.3 Å². The highest BCUT2D eigenvalue weighted by Gasteiger charge is 2.17. The molecule has 0 radical (unpaired) electrons. The lowest BCUT2D eigenvalue weighted by Gasteiger charge is -2.06. The second-order valence-electron chi connectivity index (χ2n) is 8.56. The lowest BCUT2D eigenvalue weighted by Crippen LogP contribution is -1.95. The van der Waals surface area contributed by atoms with Gasteiger partial charge in [-0.1, -0.05) is 25.1 Å². The van der Waals surface area contributed by atoms with Crippen molar-refractivity contribution in [2.24, 2.45) is 0 Å². The van der Waals surface area contributed by atoms with Crippen molar-refractivity contribution in [1.82, 2.24) is 4.57 Å². The first-order valence-electron chi connectivity index (χ1n) is 12.0. The molecule has 1 aromatic carbocycles. The van der Waals surface area contributed by atoms with Crippen LogP contribution in [0.4, 0.5) is 0 Å². The van der Waals surface area contributed by atoms with Crippen molar-refractivity contribution >= 4 is 44.6 Å². The fourth-order valence-corrected chi connectivity index (χ4v) is 5.48. The zero-order valence-electron chi connectivity index (χ0n) is 20.8. The summed E-state index contributed by atoms with van der Waals surface area (Å²) in [4.78, 5) is 1.01. The molecule has 5 aromatic rings. The van der Waals surface area contributed by atoms with E-state index < -0.39 is 0 Å². The van der Waals surface area contributed by atoms with Crippen LogP contribution in [0.2, 0.25) is 0 Å². The molecule has 4 heterocycles. The Morgan fingerprint density at radius 1 is 0.846 bits per heavy atom. The summed E-state index contributed by atoms with van der Waals surface area (Å²) in [6, 6.07) is 23.1. The zero-order chi connectivity index (χ0) is 27.4. The van der Waals surface area contributed by atoms with Crippen LogP contribution >= 0.6 is 11.3 Å². The summed E-state index contributed by atoms with van der Waals surface area (Å²) in [6.45, 7) is 2.99. The fourth-order valence-electron chi connectivity index (χ4n) is 4.32. The molecule has 0 aliphatic rings. The van der Waals surface area contributed by atoms with Gasteiger partial charge in [-0.2, -0.15) is 21.0 Å². The maximum Gasteiger partial charge on any atom is 0.144 e. The Morgan fingerprint density at radius 2 is 1.56 bits per heavy atom. The van der Waals surface area contributed by atoms with Crippen molar-refractivity contribution in [1.29, 1.82) is 21.0 Å². The average molecular weight is 526 g/mol. The van der Waals surface area contributed by atoms with Gasteiger partial charge in [0.2, 0.25) is 0 Å². The Kier molecular flexibility index (Phi) is 6.98. The number of rotatable bonds is 7. The van der Waals surface area contributed by atoms with Gasteiger partial charge in [-0.05, 0) is 55.0 Å². The predicted octanol–water partition coefficient (Wildman–Crippen LogP) is 8.20. The van der Waals surface area contributed by atoms with E-state index in [2.05, 4.69) is 29.7 Å². The highest BCUT2D eigenvalue weighted by molar-refractivity contribution is 7.23. The summed E-state index contributed by atoms with van der Waals surface area (Å²) in [5, 5.41) is 36.9. The van der Waals surface area contributed by atoms with Gasteiger partial charge in [0.15, 0.2) is 0 Å². The number of aryl methyl sites for hydroxylation is 1. The number of allylic oxidation sites excluding steroid dienone is 4. The van der Waals surface area contributed by atoms with E-state index in [1.54, 1.807) is 29.6 Å². The number of nitriles is 4. The Balaban J connectivity index is 1.51. The van der Waals surface area contributed by atoms with E-state index in [1.165, 1.54) is 16.9 Å². The van der Waals surface area contributed by atoms with Crippen LogP contribution in [0.15, 0.2) is 80.7 Å². The van der Waals surface area contributed by atoms with Gasteiger partial charge in [-0.25, -0.2) is 0 Å². The van der Waals surface area contributed by atoms with Crippen LogP contribution in [0.3, 0.4) is 0 Å². The van der Waals surface area contributed by atoms with Gasteiger partial charge in [0.25, 0.3) is 0 Å². The summed E-state index contributed by atoms with van der Waals surface area (Å²) in [6.07, 6.45) is 7.19. The molecule has 186 valence electrons. The Labute approximate surface area is 228 Å². The molecule has 0 N–H and O–H groups in total. The first-order valence-corrected chi connectivity index (χ1v) is 12.9. The maximum atomic E-state index is 9.01. The van der Waals surface area contributed by atoms with Gasteiger partial charge >= 0.3 is 0 Å². The molecule has 4 aromatic heterocycles. The highest BCUT2D eigenvalue weighted by atomic mass is 32.1. The third-order valence-corrected chi connectivity index (χ3v) is 7.23. The number of fused-ring (bicyclic) bond motifs is 3. The lowest BCUT2D eigenvalue weighted by atomic mass is 10.1. The second-order valence-corrected chi connectivity index (χ2v) is 9.61. The average Bonchev–Trinajstić information content (AvgIpc) is 3.75. The van der Waals surface area contributed by atoms with E-state index in [9.17, 15) is 0 Å². The van der Waals surface area contributed by atoms with Gasteiger partial charge in [0, 0.05) is 23.6 Å². The van der Waals surface area contributed by atoms with Crippen LogP contribution < -0.4 is 0 Å². The first kappa shape index (κ1) is 25.1. The van der Waals surface area contributed by atoms with Crippen LogP contribution in [0.1, 0.15) is 24.9 Å². The summed E-state index contributed by atoms with van der Waals surface area (Å²) < 4.78 is 15.4. The van der Waals surface area contributed by atoms with Crippen LogP contribution in [0.25, 0.3) is 55.2 Å². The standard InChI is InChI=1S/C31H19N5O2S/c1-2-12-36-26-14-22(28-10-8-24(38-28)13-21(18-34)19-35)6-9-25(26)31-27(36)15-30(39-31)29-11-7-23(37-29)5-3-4-20(16-32)17-33/h3-11,13-15H,2,12H2,1H3/b5-3+. The quantitative estimate of drug-likeness (QED) is 0.156. The monoisotopic (exact) mass is 525 g/mol. The topological polar surface area (TPSA) is 126 Å². The van der Waals surface area contributed by atoms with Crippen LogP contribution in [0.5, 0.6) is 0 Å². The van der Waals surface area contributed by atoms with E-state index in [0.717, 1.165) is 45.6 Å².